The minimum Gasteiger partial charge on any atom is -0.481 e. The molecule has 0 unspecified atom stereocenters. The molecule has 108 valence electrons. The van der Waals surface area contributed by atoms with Crippen LogP contribution in [0.3, 0.4) is 0 Å². The second kappa shape index (κ2) is 12.6. The number of hydrogen-bond donors (Lipinski definition) is 2. The zero-order valence-electron chi connectivity index (χ0n) is 11.0. The van der Waals surface area contributed by atoms with E-state index in [1.165, 1.54) is 0 Å². The largest absolute Gasteiger partial charge is 0.481 e. The summed E-state index contributed by atoms with van der Waals surface area (Å²) in [6.07, 6.45) is 0.695. The Kier molecular flexibility index (Phi) is 12.9. The van der Waals surface area contributed by atoms with Crippen LogP contribution >= 0.6 is 0 Å². The number of nitrogens with one attached hydrogen (secondary N) is 1. The molecule has 0 bridgehead atoms. The molecular weight excluding hydrogens is 242 g/mol. The predicted octanol–water partition coefficient (Wildman–Crippen LogP) is 2.87. The fraction of sp³-hybridized carbons (Fsp3) is 0.467. The second-order valence-corrected chi connectivity index (χ2v) is 3.48. The van der Waals surface area contributed by atoms with Crippen LogP contribution in [0.1, 0.15) is 39.7 Å². The zero-order valence-corrected chi connectivity index (χ0v) is 11.0. The summed E-state index contributed by atoms with van der Waals surface area (Å²) in [7, 11) is 0. The van der Waals surface area contributed by atoms with Gasteiger partial charge in [-0.3, -0.25) is 9.59 Å². The molecule has 0 fully saturated rings. The monoisotopic (exact) mass is 267 g/mol. The van der Waals surface area contributed by atoms with Crippen LogP contribution < -0.4 is 5.32 Å². The third-order valence-corrected chi connectivity index (χ3v) is 2.14. The van der Waals surface area contributed by atoms with Crippen molar-refractivity contribution in [2.45, 2.75) is 40.5 Å². The highest BCUT2D eigenvalue weighted by molar-refractivity contribution is 5.80. The molecule has 0 spiro atoms. The van der Waals surface area contributed by atoms with Gasteiger partial charge in [0.15, 0.2) is 0 Å². The Balaban J connectivity index is 0. The third-order valence-electron chi connectivity index (χ3n) is 2.14. The molecule has 1 amide bonds. The lowest BCUT2D eigenvalue weighted by molar-refractivity contribution is -0.138. The molecule has 4 heteroatoms. The number of benzene rings is 1. The van der Waals surface area contributed by atoms with Crippen molar-refractivity contribution >= 4 is 11.9 Å². The van der Waals surface area contributed by atoms with Crippen molar-refractivity contribution in [3.8, 4) is 0 Å². The van der Waals surface area contributed by atoms with Gasteiger partial charge in [-0.15, -0.1) is 0 Å². The van der Waals surface area contributed by atoms with Crippen LogP contribution in [0.5, 0.6) is 0 Å². The van der Waals surface area contributed by atoms with Crippen LogP contribution in [0.4, 0.5) is 0 Å². The van der Waals surface area contributed by atoms with E-state index >= 15 is 0 Å². The maximum atomic E-state index is 11.2. The van der Waals surface area contributed by atoms with Crippen molar-refractivity contribution in [3.63, 3.8) is 0 Å². The maximum absolute atomic E-state index is 11.2. The van der Waals surface area contributed by atoms with Gasteiger partial charge in [0.2, 0.25) is 5.91 Å². The fourth-order valence-corrected chi connectivity index (χ4v) is 1.30. The number of amides is 1. The Hall–Kier alpha value is -1.84. The van der Waals surface area contributed by atoms with Gasteiger partial charge in [0.25, 0.3) is 0 Å². The first kappa shape index (κ1) is 19.5. The van der Waals surface area contributed by atoms with Gasteiger partial charge >= 0.3 is 5.97 Å². The summed E-state index contributed by atoms with van der Waals surface area (Å²) in [5.41, 5.74) is 1.15. The molecule has 0 radical (unpaired) electrons. The first-order valence-electron chi connectivity index (χ1n) is 6.21. The first-order chi connectivity index (χ1) is 8.68. The number of rotatable bonds is 6. The number of carbonyl (C=O) groups is 2. The van der Waals surface area contributed by atoms with Crippen molar-refractivity contribution < 1.29 is 14.7 Å². The van der Waals surface area contributed by atoms with E-state index in [9.17, 15) is 9.59 Å². The van der Waals surface area contributed by atoms with Crippen LogP contribution in [0, 0.1) is 0 Å². The Labute approximate surface area is 115 Å². The molecule has 0 heterocycles. The Bertz CT molecular complexity index is 350. The third kappa shape index (κ3) is 11.0. The average molecular weight is 267 g/mol. The van der Waals surface area contributed by atoms with Crippen molar-refractivity contribution in [3.05, 3.63) is 35.9 Å². The molecule has 0 saturated heterocycles. The smallest absolute Gasteiger partial charge is 0.303 e. The lowest BCUT2D eigenvalue weighted by Crippen LogP contribution is -2.25. The Morgan fingerprint density at radius 1 is 1.11 bits per heavy atom. The van der Waals surface area contributed by atoms with Crippen molar-refractivity contribution in [2.75, 3.05) is 6.54 Å². The standard InChI is InChI=1S/C12H15NO3.C2H6.CH4/c14-11(6-7-12(15)16)13-9-8-10-4-2-1-3-5-10;1-2;/h1-5H,6-9H2,(H,13,14)(H,15,16);1-2H3;1H4. The molecule has 19 heavy (non-hydrogen) atoms. The second-order valence-electron chi connectivity index (χ2n) is 3.48. The number of carboxylic acids is 1. The van der Waals surface area contributed by atoms with Crippen LogP contribution in [0.25, 0.3) is 0 Å². The highest BCUT2D eigenvalue weighted by Gasteiger charge is 2.04. The molecule has 0 aliphatic rings. The summed E-state index contributed by atoms with van der Waals surface area (Å²) in [5.74, 6) is -1.16. The summed E-state index contributed by atoms with van der Waals surface area (Å²) in [6.45, 7) is 4.54. The molecule has 1 aromatic carbocycles. The molecule has 2 N–H and O–H groups in total. The van der Waals surface area contributed by atoms with Crippen LogP contribution in [-0.4, -0.2) is 23.5 Å². The van der Waals surface area contributed by atoms with E-state index in [4.69, 9.17) is 5.11 Å². The minimum absolute atomic E-state index is 0. The van der Waals surface area contributed by atoms with Gasteiger partial charge in [-0.1, -0.05) is 51.6 Å². The van der Waals surface area contributed by atoms with Gasteiger partial charge in [0, 0.05) is 13.0 Å². The van der Waals surface area contributed by atoms with Crippen LogP contribution in [0.15, 0.2) is 30.3 Å². The number of hydrogen-bond acceptors (Lipinski definition) is 2. The lowest BCUT2D eigenvalue weighted by Gasteiger charge is -2.04. The van der Waals surface area contributed by atoms with Crippen molar-refractivity contribution in [1.82, 2.24) is 5.32 Å². The average Bonchev–Trinajstić information content (AvgIpc) is 2.40. The summed E-state index contributed by atoms with van der Waals surface area (Å²) in [6, 6.07) is 9.81. The van der Waals surface area contributed by atoms with E-state index in [0.717, 1.165) is 12.0 Å². The summed E-state index contributed by atoms with van der Waals surface area (Å²) in [4.78, 5) is 21.4. The predicted molar refractivity (Wildman–Crippen MR) is 78.1 cm³/mol. The van der Waals surface area contributed by atoms with E-state index in [1.807, 2.05) is 44.2 Å². The highest BCUT2D eigenvalue weighted by Crippen LogP contribution is 1.98. The summed E-state index contributed by atoms with van der Waals surface area (Å²) >= 11 is 0. The van der Waals surface area contributed by atoms with Gasteiger partial charge < -0.3 is 10.4 Å². The Morgan fingerprint density at radius 2 is 1.68 bits per heavy atom. The molecule has 0 aliphatic carbocycles. The number of carboxylic acid groups (broad SMARTS) is 1. The molecule has 0 aromatic heterocycles. The minimum atomic E-state index is -0.946. The Morgan fingerprint density at radius 3 is 2.21 bits per heavy atom. The number of carbonyl (C=O) groups excluding carboxylic acids is 1. The molecule has 1 rings (SSSR count). The van der Waals surface area contributed by atoms with Gasteiger partial charge in [-0.25, -0.2) is 0 Å². The summed E-state index contributed by atoms with van der Waals surface area (Å²) < 4.78 is 0. The number of aliphatic carboxylic acids is 1. The molecule has 4 nitrogen and oxygen atoms in total. The summed E-state index contributed by atoms with van der Waals surface area (Å²) in [5, 5.41) is 11.1. The van der Waals surface area contributed by atoms with E-state index in [2.05, 4.69) is 5.32 Å². The molecular formula is C15H25NO3. The molecule has 0 saturated carbocycles. The van der Waals surface area contributed by atoms with Gasteiger partial charge in [0.1, 0.15) is 0 Å². The molecule has 0 atom stereocenters. The molecule has 0 aliphatic heterocycles. The zero-order chi connectivity index (χ0) is 13.8. The lowest BCUT2D eigenvalue weighted by atomic mass is 10.1. The quantitative estimate of drug-likeness (QED) is 0.833. The van der Waals surface area contributed by atoms with E-state index in [1.54, 1.807) is 0 Å². The van der Waals surface area contributed by atoms with E-state index in [-0.39, 0.29) is 26.2 Å². The SMILES string of the molecule is C.CC.O=C(O)CCC(=O)NCCc1ccccc1. The topological polar surface area (TPSA) is 66.4 Å². The fourth-order valence-electron chi connectivity index (χ4n) is 1.30. The first-order valence-corrected chi connectivity index (χ1v) is 6.21. The molecule has 1 aromatic rings. The van der Waals surface area contributed by atoms with Crippen LogP contribution in [0.2, 0.25) is 0 Å². The van der Waals surface area contributed by atoms with Crippen LogP contribution in [-0.2, 0) is 16.0 Å². The van der Waals surface area contributed by atoms with Gasteiger partial charge in [-0.05, 0) is 12.0 Å². The maximum Gasteiger partial charge on any atom is 0.303 e. The van der Waals surface area contributed by atoms with Crippen molar-refractivity contribution in [2.24, 2.45) is 0 Å². The normalized spacial score (nSPS) is 8.53. The van der Waals surface area contributed by atoms with E-state index in [0.29, 0.717) is 6.54 Å². The van der Waals surface area contributed by atoms with Crippen molar-refractivity contribution in [1.29, 1.82) is 0 Å². The van der Waals surface area contributed by atoms with E-state index < -0.39 is 5.97 Å². The highest BCUT2D eigenvalue weighted by atomic mass is 16.4. The van der Waals surface area contributed by atoms with Gasteiger partial charge in [0.05, 0.1) is 6.42 Å². The van der Waals surface area contributed by atoms with Gasteiger partial charge in [-0.2, -0.15) is 0 Å².